The lowest BCUT2D eigenvalue weighted by molar-refractivity contribution is -0.660. The van der Waals surface area contributed by atoms with Crippen LogP contribution in [0.1, 0.15) is 114 Å². The fourth-order valence-electron chi connectivity index (χ4n) is 14.6. The summed E-state index contributed by atoms with van der Waals surface area (Å²) in [6.07, 6.45) is 6.19. The molecule has 0 unspecified atom stereocenters. The van der Waals surface area contributed by atoms with Crippen LogP contribution in [0, 0.1) is 95.2 Å². The van der Waals surface area contributed by atoms with E-state index in [0.717, 1.165) is 66.8 Å². The van der Waals surface area contributed by atoms with Crippen molar-refractivity contribution in [3.05, 3.63) is 285 Å². The molecule has 4 aromatic heterocycles. The molecule has 0 saturated carbocycles. The van der Waals surface area contributed by atoms with Gasteiger partial charge in [0.25, 0.3) is 0 Å². The van der Waals surface area contributed by atoms with E-state index >= 15 is 0 Å². The van der Waals surface area contributed by atoms with E-state index in [9.17, 15) is 0 Å². The average Bonchev–Trinajstić information content (AvgIpc) is 0.750. The summed E-state index contributed by atoms with van der Waals surface area (Å²) in [4.78, 5) is 0. The number of pyridine rings is 4. The quantitative estimate of drug-likeness (QED) is 0.0808. The van der Waals surface area contributed by atoms with Crippen molar-refractivity contribution in [2.75, 3.05) is 0 Å². The topological polar surface area (TPSA) is 15.5 Å². The van der Waals surface area contributed by atoms with Crippen LogP contribution in [-0.2, 0) is 34.6 Å². The van der Waals surface area contributed by atoms with Gasteiger partial charge in [0, 0.05) is 84.0 Å². The first kappa shape index (κ1) is 70.4. The molecular weight excluding hydrogens is 1390 g/mol. The molecule has 0 radical (unpaired) electrons. The van der Waals surface area contributed by atoms with Gasteiger partial charge in [-0.1, -0.05) is 258 Å². The monoisotopic (exact) mass is 1540 g/mol. The van der Waals surface area contributed by atoms with E-state index < -0.39 is 64.6 Å². The zero-order valence-electron chi connectivity index (χ0n) is 82.9. The number of aromatic nitrogens is 4. The van der Waals surface area contributed by atoms with E-state index in [-0.39, 0.29) is 0 Å². The van der Waals surface area contributed by atoms with Gasteiger partial charge < -0.3 is 0 Å². The lowest BCUT2D eigenvalue weighted by Gasteiger charge is -2.25. The average molecular weight is 1540 g/mol. The van der Waals surface area contributed by atoms with Gasteiger partial charge in [-0.2, -0.15) is 0 Å². The van der Waals surface area contributed by atoms with Crippen LogP contribution in [0.4, 0.5) is 0 Å². The van der Waals surface area contributed by atoms with Crippen molar-refractivity contribution in [1.29, 1.82) is 0 Å². The maximum atomic E-state index is 9.14. The molecular formula is C102H132N4Si4+4. The predicted octanol–water partition coefficient (Wildman–Crippen LogP) is 23.2. The number of rotatable bonds is 13. The molecule has 0 atom stereocenters. The molecule has 4 nitrogen and oxygen atoms in total. The van der Waals surface area contributed by atoms with Crippen molar-refractivity contribution < 1.29 is 33.3 Å². The summed E-state index contributed by atoms with van der Waals surface area (Å²) in [7, 11) is 1.52. The third-order valence-corrected chi connectivity index (χ3v) is 29.1. The van der Waals surface area contributed by atoms with E-state index in [4.69, 9.17) is 15.1 Å². The highest BCUT2D eigenvalue weighted by atomic mass is 28.3. The van der Waals surface area contributed by atoms with Crippen molar-refractivity contribution in [3.8, 4) is 89.5 Å². The first-order chi connectivity index (χ1) is 55.6. The molecule has 0 aliphatic carbocycles. The smallest absolute Gasteiger partial charge is 0.201 e. The van der Waals surface area contributed by atoms with E-state index in [1.165, 1.54) is 99.1 Å². The van der Waals surface area contributed by atoms with Gasteiger partial charge in [0.05, 0.1) is 32.3 Å². The van der Waals surface area contributed by atoms with Crippen LogP contribution >= 0.6 is 0 Å². The Labute approximate surface area is 685 Å². The third-order valence-electron chi connectivity index (χ3n) is 20.9. The number of aryl methyl sites for hydroxylation is 17. The summed E-state index contributed by atoms with van der Waals surface area (Å²) in [5.41, 5.74) is 31.0. The predicted molar refractivity (Wildman–Crippen MR) is 491 cm³/mol. The second-order valence-electron chi connectivity index (χ2n) is 36.3. The number of hydrogen-bond donors (Lipinski definition) is 0. The van der Waals surface area contributed by atoms with E-state index in [1.54, 1.807) is 24.5 Å². The summed E-state index contributed by atoms with van der Waals surface area (Å²) in [6, 6.07) is 64.4. The van der Waals surface area contributed by atoms with Gasteiger partial charge in [-0.15, -0.1) is 0 Å². The molecule has 12 rings (SSSR count). The van der Waals surface area contributed by atoms with Gasteiger partial charge in [0.2, 0.25) is 22.8 Å². The van der Waals surface area contributed by atoms with Crippen LogP contribution < -0.4 is 39.0 Å². The van der Waals surface area contributed by atoms with Crippen molar-refractivity contribution in [2.24, 2.45) is 33.6 Å². The van der Waals surface area contributed by atoms with Crippen molar-refractivity contribution in [1.82, 2.24) is 0 Å². The number of hydrogen-bond acceptors (Lipinski definition) is 0. The lowest BCUT2D eigenvalue weighted by Crippen LogP contribution is -2.47. The van der Waals surface area contributed by atoms with Crippen LogP contribution in [0.3, 0.4) is 0 Å². The first-order valence-corrected chi connectivity index (χ1v) is 53.0. The normalized spacial score (nSPS) is 13.8. The highest BCUT2D eigenvalue weighted by molar-refractivity contribution is 6.91. The highest BCUT2D eigenvalue weighted by Crippen LogP contribution is 2.36. The summed E-state index contributed by atoms with van der Waals surface area (Å²) in [5.74, 6) is 0. The SMILES string of the molecule is Cc1ccc(-c2cc(-c3cc(C)cc[n+]3C)c(C)cc2[Si](C)(C)C)cc1.[2H]C([2H])([2H])c1c[n+](C)c(-c2cc(-c3ccc(C)cc3)c([Si](C)(C)C)cc2C)cc1C.[2H]C([2H])([2H])c1cc(C)c(-c2cc(C([2H])([2H])C(C)(C)C)c([Si](C)(C)C)c[n+]2C)cc1-c1ccc(C)cc1.[2H]C([2H])([2H])c1ccc(-c2cc(-c3ccc(C)cc3)c([Si](C)(C)C)cc2C)[n+](C)c1. The fourth-order valence-corrected chi connectivity index (χ4v) is 21.1. The van der Waals surface area contributed by atoms with Crippen LogP contribution in [0.5, 0.6) is 0 Å². The van der Waals surface area contributed by atoms with E-state index in [1.807, 2.05) is 120 Å². The Morgan fingerprint density at radius 1 is 0.273 bits per heavy atom. The maximum absolute atomic E-state index is 9.14. The second kappa shape index (κ2) is 34.1. The lowest BCUT2D eigenvalue weighted by atomic mass is 9.87. The molecule has 572 valence electrons. The van der Waals surface area contributed by atoms with Crippen LogP contribution in [0.15, 0.2) is 207 Å². The Hall–Kier alpha value is -8.77. The van der Waals surface area contributed by atoms with Crippen molar-refractivity contribution >= 4 is 53.0 Å². The Kier molecular flexibility index (Phi) is 21.8. The molecule has 0 aliphatic heterocycles. The van der Waals surface area contributed by atoms with E-state index in [0.29, 0.717) is 22.3 Å². The molecule has 0 spiro atoms. The minimum Gasteiger partial charge on any atom is -0.201 e. The Balaban J connectivity index is 0.000000185. The summed E-state index contributed by atoms with van der Waals surface area (Å²) in [6.45, 7) is 48.6. The number of benzene rings is 8. The third kappa shape index (κ3) is 20.9. The van der Waals surface area contributed by atoms with E-state index in [2.05, 4.69) is 277 Å². The molecule has 0 N–H and O–H groups in total. The Bertz CT molecular complexity index is 5790. The molecule has 0 amide bonds. The molecule has 8 aromatic carbocycles. The molecule has 0 aliphatic rings. The van der Waals surface area contributed by atoms with Gasteiger partial charge in [-0.3, -0.25) is 0 Å². The molecule has 4 heterocycles. The largest absolute Gasteiger partial charge is 0.212 e. The fraction of sp³-hybridized carbons (Fsp3) is 0.333. The second-order valence-corrected chi connectivity index (χ2v) is 56.4. The highest BCUT2D eigenvalue weighted by Gasteiger charge is 2.31. The zero-order chi connectivity index (χ0) is 90.5. The van der Waals surface area contributed by atoms with Gasteiger partial charge in [-0.25, -0.2) is 18.3 Å². The summed E-state index contributed by atoms with van der Waals surface area (Å²) < 4.78 is 97.5. The van der Waals surface area contributed by atoms with Gasteiger partial charge in [0.1, 0.15) is 28.2 Å². The Morgan fingerprint density at radius 2 is 0.609 bits per heavy atom. The Morgan fingerprint density at radius 3 is 0.982 bits per heavy atom. The molecule has 0 fully saturated rings. The van der Waals surface area contributed by atoms with Crippen LogP contribution in [0.2, 0.25) is 78.6 Å². The number of nitrogens with zero attached hydrogens (tertiary/aromatic N) is 4. The van der Waals surface area contributed by atoms with Crippen LogP contribution in [0.25, 0.3) is 89.5 Å². The summed E-state index contributed by atoms with van der Waals surface area (Å²) >= 11 is 0. The standard InChI is InChI=1S/C29H40NSi.C25H32NSi.2C24H30NSi/c1-20-11-13-23(14-12-20)25-17-26(22(3)15-21(25)2)27-16-24(18-29(4,5)6)28(19-30(27)7)31(8,9)10;1-17-9-11-21(12-10-17)23-15-22(19(3)14-25(23)27(6,7)8)24-13-18(2)20(4)16-26(24)5;1-17-8-11-20(12-9-17)22-15-21(19(3)14-24(22)26(5,6)7)23-13-10-18(2)16-25(23)4;1-17-8-10-20(11-9-17)22-16-21(19(3)15-24(22)26(5,6)7)23-14-18(2)12-13-25(23)4/h11-17,19H,18H2,1-10H3;9-16H,1-8H3;2*8-16H,1-7H3/q4*+1/i2D3,18D2;4D3;2D3;. The summed E-state index contributed by atoms with van der Waals surface area (Å²) in [5, 5.41) is 5.54. The van der Waals surface area contributed by atoms with Crippen molar-refractivity contribution in [3.63, 3.8) is 0 Å². The van der Waals surface area contributed by atoms with Crippen molar-refractivity contribution in [2.45, 2.75) is 196 Å². The molecule has 0 bridgehead atoms. The van der Waals surface area contributed by atoms with Gasteiger partial charge in [0.15, 0.2) is 24.8 Å². The maximum Gasteiger partial charge on any atom is 0.212 e. The molecule has 12 aromatic rings. The molecule has 110 heavy (non-hydrogen) atoms. The van der Waals surface area contributed by atoms with Gasteiger partial charge >= 0.3 is 0 Å². The first-order valence-electron chi connectivity index (χ1n) is 44.5. The minimum atomic E-state index is -2.25. The minimum absolute atomic E-state index is 0.333. The van der Waals surface area contributed by atoms with Gasteiger partial charge in [-0.05, 0) is 221 Å². The van der Waals surface area contributed by atoms with Crippen LogP contribution in [-0.4, -0.2) is 32.3 Å². The zero-order valence-corrected chi connectivity index (χ0v) is 75.9. The molecule has 8 heteroatoms. The molecule has 0 saturated heterocycles.